The van der Waals surface area contributed by atoms with Crippen molar-refractivity contribution in [1.82, 2.24) is 10.7 Å². The highest BCUT2D eigenvalue weighted by Crippen LogP contribution is 2.27. The third kappa shape index (κ3) is 6.58. The van der Waals surface area contributed by atoms with Crippen molar-refractivity contribution in [3.8, 4) is 11.5 Å². The lowest BCUT2D eigenvalue weighted by Gasteiger charge is -2.23. The van der Waals surface area contributed by atoms with Gasteiger partial charge in [0, 0.05) is 6.04 Å². The molecule has 0 heterocycles. The Kier molecular flexibility index (Phi) is 7.46. The van der Waals surface area contributed by atoms with E-state index >= 15 is 0 Å². The number of methoxy groups -OCH3 is 1. The van der Waals surface area contributed by atoms with Crippen molar-refractivity contribution >= 4 is 29.5 Å². The van der Waals surface area contributed by atoms with Gasteiger partial charge in [-0.15, -0.1) is 0 Å². The number of nitrogens with one attached hydrogen (secondary N) is 2. The summed E-state index contributed by atoms with van der Waals surface area (Å²) in [6.07, 6.45) is 7.72. The first kappa shape index (κ1) is 19.0. The van der Waals surface area contributed by atoms with Gasteiger partial charge in [-0.25, -0.2) is 0 Å². The summed E-state index contributed by atoms with van der Waals surface area (Å²) in [7, 11) is 1.52. The fourth-order valence-electron chi connectivity index (χ4n) is 2.66. The molecule has 7 nitrogen and oxygen atoms in total. The largest absolute Gasteiger partial charge is 0.493 e. The van der Waals surface area contributed by atoms with Crippen molar-refractivity contribution < 1.29 is 14.3 Å². The van der Waals surface area contributed by atoms with Crippen molar-refractivity contribution in [3.63, 3.8) is 0 Å². The second-order valence-electron chi connectivity index (χ2n) is 5.84. The molecule has 1 saturated carbocycles. The minimum Gasteiger partial charge on any atom is -0.493 e. The number of hydrazone groups is 1. The molecule has 1 aromatic rings. The van der Waals surface area contributed by atoms with Crippen LogP contribution in [0.3, 0.4) is 0 Å². The third-order valence-corrected chi connectivity index (χ3v) is 4.09. The first-order valence-corrected chi connectivity index (χ1v) is 8.68. The zero-order chi connectivity index (χ0) is 18.1. The van der Waals surface area contributed by atoms with Gasteiger partial charge in [-0.1, -0.05) is 19.3 Å². The lowest BCUT2D eigenvalue weighted by atomic mass is 9.96. The molecule has 136 valence electrons. The van der Waals surface area contributed by atoms with Gasteiger partial charge in [-0.2, -0.15) is 5.10 Å². The zero-order valence-electron chi connectivity index (χ0n) is 14.3. The van der Waals surface area contributed by atoms with Gasteiger partial charge in [-0.3, -0.25) is 10.2 Å². The third-order valence-electron chi connectivity index (χ3n) is 3.88. The van der Waals surface area contributed by atoms with Crippen molar-refractivity contribution in [2.24, 2.45) is 10.8 Å². The van der Waals surface area contributed by atoms with E-state index in [0.29, 0.717) is 22.7 Å². The number of hydrogen-bond acceptors (Lipinski definition) is 5. The average Bonchev–Trinajstić information content (AvgIpc) is 2.61. The summed E-state index contributed by atoms with van der Waals surface area (Å²) in [5, 5.41) is 7.94. The number of amides is 1. The van der Waals surface area contributed by atoms with E-state index in [0.717, 1.165) is 18.4 Å². The lowest BCUT2D eigenvalue weighted by molar-refractivity contribution is -0.119. The standard InChI is InChI=1S/C17H24N4O3S/c1-23-15-9-12(7-8-14(15)24-11-16(18)22)10-19-21-17(25)20-13-5-3-2-4-6-13/h7-10,13H,2-6,11H2,1H3,(H2,18,22)(H2,20,21,25)/b19-10-. The van der Waals surface area contributed by atoms with E-state index in [1.165, 1.54) is 26.4 Å². The maximum Gasteiger partial charge on any atom is 0.255 e. The second-order valence-corrected chi connectivity index (χ2v) is 6.25. The first-order chi connectivity index (χ1) is 12.1. The summed E-state index contributed by atoms with van der Waals surface area (Å²) in [4.78, 5) is 10.8. The highest BCUT2D eigenvalue weighted by Gasteiger charge is 2.13. The summed E-state index contributed by atoms with van der Waals surface area (Å²) in [5.74, 6) is 0.393. The molecule has 1 aliphatic rings. The van der Waals surface area contributed by atoms with Crippen LogP contribution in [-0.4, -0.2) is 37.0 Å². The number of rotatable bonds is 7. The van der Waals surface area contributed by atoms with Gasteiger partial charge in [0.15, 0.2) is 23.2 Å². The number of nitrogens with two attached hydrogens (primary N) is 1. The Morgan fingerprint density at radius 3 is 2.80 bits per heavy atom. The number of carbonyl (C=O) groups is 1. The van der Waals surface area contributed by atoms with E-state index in [-0.39, 0.29) is 6.61 Å². The predicted octanol–water partition coefficient (Wildman–Crippen LogP) is 1.69. The number of primary amides is 1. The van der Waals surface area contributed by atoms with E-state index in [9.17, 15) is 4.79 Å². The molecule has 1 fully saturated rings. The van der Waals surface area contributed by atoms with Crippen LogP contribution in [0.1, 0.15) is 37.7 Å². The highest BCUT2D eigenvalue weighted by atomic mass is 32.1. The molecule has 1 aromatic carbocycles. The fraction of sp³-hybridized carbons (Fsp3) is 0.471. The van der Waals surface area contributed by atoms with Crippen LogP contribution in [-0.2, 0) is 4.79 Å². The molecule has 0 aromatic heterocycles. The Balaban J connectivity index is 1.87. The monoisotopic (exact) mass is 364 g/mol. The molecule has 0 aliphatic heterocycles. The minimum absolute atomic E-state index is 0.202. The normalized spacial score (nSPS) is 14.9. The molecule has 1 aliphatic carbocycles. The smallest absolute Gasteiger partial charge is 0.255 e. The van der Waals surface area contributed by atoms with E-state index in [4.69, 9.17) is 27.4 Å². The van der Waals surface area contributed by atoms with Crippen molar-refractivity contribution in [2.75, 3.05) is 13.7 Å². The summed E-state index contributed by atoms with van der Waals surface area (Å²) >= 11 is 5.25. The van der Waals surface area contributed by atoms with Crippen LogP contribution in [0.15, 0.2) is 23.3 Å². The fourth-order valence-corrected chi connectivity index (χ4v) is 2.88. The molecule has 2 rings (SSSR count). The van der Waals surface area contributed by atoms with Crippen LogP contribution in [0.4, 0.5) is 0 Å². The Hall–Kier alpha value is -2.35. The quantitative estimate of drug-likeness (QED) is 0.387. The van der Waals surface area contributed by atoms with Gasteiger partial charge in [0.05, 0.1) is 13.3 Å². The topological polar surface area (TPSA) is 98.0 Å². The molecule has 0 unspecified atom stereocenters. The Morgan fingerprint density at radius 1 is 1.36 bits per heavy atom. The molecule has 0 bridgehead atoms. The number of thiocarbonyl (C=S) groups is 1. The second kappa shape index (κ2) is 9.83. The molecular weight excluding hydrogens is 340 g/mol. The summed E-state index contributed by atoms with van der Waals surface area (Å²) < 4.78 is 10.5. The SMILES string of the molecule is COc1cc(/C=N\NC(=S)NC2CCCCC2)ccc1OCC(N)=O. The Labute approximate surface area is 152 Å². The van der Waals surface area contributed by atoms with Gasteiger partial charge >= 0.3 is 0 Å². The number of ether oxygens (including phenoxy) is 2. The summed E-state index contributed by atoms with van der Waals surface area (Å²) in [6, 6.07) is 5.67. The van der Waals surface area contributed by atoms with E-state index in [1.807, 2.05) is 0 Å². The summed E-state index contributed by atoms with van der Waals surface area (Å²) in [6.45, 7) is -0.202. The van der Waals surface area contributed by atoms with Gasteiger partial charge in [0.2, 0.25) is 0 Å². The highest BCUT2D eigenvalue weighted by molar-refractivity contribution is 7.80. The van der Waals surface area contributed by atoms with Gasteiger partial charge < -0.3 is 20.5 Å². The van der Waals surface area contributed by atoms with E-state index < -0.39 is 5.91 Å². The molecule has 25 heavy (non-hydrogen) atoms. The first-order valence-electron chi connectivity index (χ1n) is 8.27. The average molecular weight is 364 g/mol. The van der Waals surface area contributed by atoms with Crippen molar-refractivity contribution in [1.29, 1.82) is 0 Å². The molecule has 0 saturated heterocycles. The molecule has 0 radical (unpaired) electrons. The lowest BCUT2D eigenvalue weighted by Crippen LogP contribution is -2.40. The van der Waals surface area contributed by atoms with Crippen LogP contribution in [0.2, 0.25) is 0 Å². The number of hydrogen-bond donors (Lipinski definition) is 3. The zero-order valence-corrected chi connectivity index (χ0v) is 15.1. The number of benzene rings is 1. The molecule has 0 spiro atoms. The Bertz CT molecular complexity index is 630. The molecule has 8 heteroatoms. The molecule has 0 atom stereocenters. The summed E-state index contributed by atoms with van der Waals surface area (Å²) in [5.41, 5.74) is 8.70. The van der Waals surface area contributed by atoms with Crippen LogP contribution in [0.25, 0.3) is 0 Å². The Morgan fingerprint density at radius 2 is 2.12 bits per heavy atom. The van der Waals surface area contributed by atoms with Crippen LogP contribution >= 0.6 is 12.2 Å². The van der Waals surface area contributed by atoms with Crippen LogP contribution < -0.4 is 25.9 Å². The van der Waals surface area contributed by atoms with Gasteiger partial charge in [0.1, 0.15) is 0 Å². The molecule has 1 amide bonds. The molecular formula is C17H24N4O3S. The van der Waals surface area contributed by atoms with E-state index in [1.54, 1.807) is 24.4 Å². The number of carbonyl (C=O) groups excluding carboxylic acids is 1. The number of nitrogens with zero attached hydrogens (tertiary/aromatic N) is 1. The minimum atomic E-state index is -0.545. The van der Waals surface area contributed by atoms with E-state index in [2.05, 4.69) is 15.8 Å². The van der Waals surface area contributed by atoms with Crippen LogP contribution in [0.5, 0.6) is 11.5 Å². The maximum atomic E-state index is 10.8. The van der Waals surface area contributed by atoms with Crippen LogP contribution in [0, 0.1) is 0 Å². The maximum absolute atomic E-state index is 10.8. The predicted molar refractivity (Wildman–Crippen MR) is 101 cm³/mol. The van der Waals surface area contributed by atoms with Gasteiger partial charge in [0.25, 0.3) is 5.91 Å². The van der Waals surface area contributed by atoms with Gasteiger partial charge in [-0.05, 0) is 48.8 Å². The van der Waals surface area contributed by atoms with Crippen molar-refractivity contribution in [2.45, 2.75) is 38.1 Å². The molecule has 4 N–H and O–H groups in total. The van der Waals surface area contributed by atoms with Crippen molar-refractivity contribution in [3.05, 3.63) is 23.8 Å².